The maximum atomic E-state index is 12.3. The van der Waals surface area contributed by atoms with Crippen LogP contribution in [0.4, 0.5) is 0 Å². The van der Waals surface area contributed by atoms with Crippen molar-refractivity contribution in [2.45, 2.75) is 43.4 Å². The molecule has 1 aromatic heterocycles. The molecule has 3 nitrogen and oxygen atoms in total. The fourth-order valence-electron chi connectivity index (χ4n) is 1.45. The van der Waals surface area contributed by atoms with E-state index in [1.807, 2.05) is 20.8 Å². The molecule has 0 aliphatic rings. The predicted octanol–water partition coefficient (Wildman–Crippen LogP) is 3.89. The third-order valence-electron chi connectivity index (χ3n) is 2.91. The van der Waals surface area contributed by atoms with E-state index in [0.717, 1.165) is 9.35 Å². The number of sulfonamides is 1. The molecule has 104 valence electrons. The zero-order chi connectivity index (χ0) is 14.0. The number of alkyl halides is 1. The first kappa shape index (κ1) is 16.4. The zero-order valence-corrected chi connectivity index (χ0v) is 14.6. The Balaban J connectivity index is 3.01. The van der Waals surface area contributed by atoms with E-state index in [2.05, 4.69) is 20.7 Å². The topological polar surface area (TPSA) is 46.2 Å². The van der Waals surface area contributed by atoms with Crippen LogP contribution in [0.5, 0.6) is 0 Å². The Kier molecular flexibility index (Phi) is 5.68. The molecule has 0 saturated carbocycles. The first-order valence-electron chi connectivity index (χ1n) is 5.60. The molecule has 18 heavy (non-hydrogen) atoms. The van der Waals surface area contributed by atoms with Crippen LogP contribution < -0.4 is 4.72 Å². The highest BCUT2D eigenvalue weighted by Gasteiger charge is 2.29. The summed E-state index contributed by atoms with van der Waals surface area (Å²) in [6.07, 6.45) is 1.31. The van der Waals surface area contributed by atoms with Crippen molar-refractivity contribution in [2.24, 2.45) is 0 Å². The number of thiophene rings is 1. The van der Waals surface area contributed by atoms with Gasteiger partial charge in [-0.25, -0.2) is 13.1 Å². The van der Waals surface area contributed by atoms with E-state index in [9.17, 15) is 8.42 Å². The largest absolute Gasteiger partial charge is 0.250 e. The summed E-state index contributed by atoms with van der Waals surface area (Å²) in [5.41, 5.74) is 0.432. The summed E-state index contributed by atoms with van der Waals surface area (Å²) in [4.78, 5) is 0. The number of rotatable bonds is 6. The van der Waals surface area contributed by atoms with Gasteiger partial charge in [0.1, 0.15) is 4.21 Å². The minimum atomic E-state index is -3.47. The zero-order valence-electron chi connectivity index (χ0n) is 10.6. The third kappa shape index (κ3) is 3.93. The van der Waals surface area contributed by atoms with Crippen molar-refractivity contribution in [2.75, 3.05) is 5.88 Å². The summed E-state index contributed by atoms with van der Waals surface area (Å²) in [6.45, 7) is 5.70. The highest BCUT2D eigenvalue weighted by molar-refractivity contribution is 9.11. The fraction of sp³-hybridized carbons (Fsp3) is 0.636. The van der Waals surface area contributed by atoms with Crippen LogP contribution in [-0.4, -0.2) is 19.8 Å². The van der Waals surface area contributed by atoms with Gasteiger partial charge in [0.15, 0.2) is 0 Å². The normalized spacial score (nSPS) is 15.6. The Bertz CT molecular complexity index is 496. The number of hydrogen-bond donors (Lipinski definition) is 1. The van der Waals surface area contributed by atoms with Crippen LogP contribution in [0.25, 0.3) is 0 Å². The smallest absolute Gasteiger partial charge is 0.206 e. The van der Waals surface area contributed by atoms with Crippen LogP contribution in [0.15, 0.2) is 14.1 Å². The summed E-state index contributed by atoms with van der Waals surface area (Å²) in [5.74, 6) is 0.431. The lowest BCUT2D eigenvalue weighted by molar-refractivity contribution is 0.391. The Hall–Kier alpha value is 0.380. The lowest BCUT2D eigenvalue weighted by Gasteiger charge is -2.28. The van der Waals surface area contributed by atoms with Crippen molar-refractivity contribution in [1.29, 1.82) is 0 Å². The van der Waals surface area contributed by atoms with Crippen molar-refractivity contribution in [1.82, 2.24) is 4.72 Å². The van der Waals surface area contributed by atoms with Crippen LogP contribution in [0.3, 0.4) is 0 Å². The van der Waals surface area contributed by atoms with Crippen LogP contribution in [0.1, 0.15) is 32.3 Å². The molecular weight excluding hydrogens is 358 g/mol. The molecule has 1 heterocycles. The standard InChI is InChI=1S/C11H17BrClNO2S2/c1-4-11(3,5-6-13)14-18(15,16)9-7-8(2)10(12)17-9/h7,14H,4-6H2,1-3H3. The fourth-order valence-corrected chi connectivity index (χ4v) is 5.60. The van der Waals surface area contributed by atoms with Gasteiger partial charge in [0.05, 0.1) is 3.79 Å². The highest BCUT2D eigenvalue weighted by atomic mass is 79.9. The summed E-state index contributed by atoms with van der Waals surface area (Å²) in [6, 6.07) is 1.67. The second kappa shape index (κ2) is 6.22. The lowest BCUT2D eigenvalue weighted by atomic mass is 9.97. The SMILES string of the molecule is CCC(C)(CCCl)NS(=O)(=O)c1cc(C)c(Br)s1. The Labute approximate surface area is 126 Å². The van der Waals surface area contributed by atoms with Gasteiger partial charge in [-0.15, -0.1) is 22.9 Å². The number of aryl methyl sites for hydroxylation is 1. The van der Waals surface area contributed by atoms with Crippen LogP contribution >= 0.6 is 38.9 Å². The molecular formula is C11H17BrClNO2S2. The summed E-state index contributed by atoms with van der Waals surface area (Å²) < 4.78 is 28.5. The summed E-state index contributed by atoms with van der Waals surface area (Å²) in [7, 11) is -3.47. The molecule has 1 rings (SSSR count). The van der Waals surface area contributed by atoms with E-state index in [4.69, 9.17) is 11.6 Å². The summed E-state index contributed by atoms with van der Waals surface area (Å²) >= 11 is 10.3. The molecule has 0 spiro atoms. The van der Waals surface area contributed by atoms with Crippen molar-refractivity contribution in [3.8, 4) is 0 Å². The Morgan fingerprint density at radius 2 is 2.17 bits per heavy atom. The third-order valence-corrected chi connectivity index (χ3v) is 7.34. The molecule has 0 aliphatic carbocycles. The number of hydrogen-bond acceptors (Lipinski definition) is 3. The molecule has 0 amide bonds. The molecule has 1 aromatic rings. The molecule has 1 atom stereocenters. The van der Waals surface area contributed by atoms with Gasteiger partial charge in [0.25, 0.3) is 10.0 Å². The minimum absolute atomic E-state index is 0.334. The first-order valence-corrected chi connectivity index (χ1v) is 9.22. The second-order valence-electron chi connectivity index (χ2n) is 4.48. The molecule has 0 aliphatic heterocycles. The van der Waals surface area contributed by atoms with Gasteiger partial charge < -0.3 is 0 Å². The molecule has 0 saturated heterocycles. The Morgan fingerprint density at radius 1 is 1.56 bits per heavy atom. The maximum Gasteiger partial charge on any atom is 0.250 e. The van der Waals surface area contributed by atoms with Crippen molar-refractivity contribution < 1.29 is 8.42 Å². The van der Waals surface area contributed by atoms with E-state index in [0.29, 0.717) is 22.9 Å². The summed E-state index contributed by atoms with van der Waals surface area (Å²) in [5, 5.41) is 0. The van der Waals surface area contributed by atoms with Crippen LogP contribution in [0, 0.1) is 6.92 Å². The number of nitrogens with one attached hydrogen (secondary N) is 1. The quantitative estimate of drug-likeness (QED) is 0.768. The van der Waals surface area contributed by atoms with Crippen molar-refractivity contribution in [3.63, 3.8) is 0 Å². The molecule has 1 unspecified atom stereocenters. The molecule has 0 aromatic carbocycles. The van der Waals surface area contributed by atoms with Gasteiger partial charge in [0.2, 0.25) is 0 Å². The van der Waals surface area contributed by atoms with Crippen LogP contribution in [-0.2, 0) is 10.0 Å². The minimum Gasteiger partial charge on any atom is -0.206 e. The second-order valence-corrected chi connectivity index (χ2v) is 9.14. The first-order chi connectivity index (χ1) is 8.24. The van der Waals surface area contributed by atoms with E-state index in [1.54, 1.807) is 6.07 Å². The van der Waals surface area contributed by atoms with Gasteiger partial charge in [-0.2, -0.15) is 0 Å². The average molecular weight is 375 g/mol. The average Bonchev–Trinajstić information content (AvgIpc) is 2.60. The van der Waals surface area contributed by atoms with Crippen LogP contribution in [0.2, 0.25) is 0 Å². The molecule has 7 heteroatoms. The van der Waals surface area contributed by atoms with Crippen molar-refractivity contribution >= 4 is 48.9 Å². The van der Waals surface area contributed by atoms with Gasteiger partial charge in [-0.05, 0) is 54.2 Å². The number of halogens is 2. The molecule has 0 bridgehead atoms. The van der Waals surface area contributed by atoms with Gasteiger partial charge in [-0.1, -0.05) is 6.92 Å². The lowest BCUT2D eigenvalue weighted by Crippen LogP contribution is -2.45. The van der Waals surface area contributed by atoms with Gasteiger partial charge in [-0.3, -0.25) is 0 Å². The monoisotopic (exact) mass is 373 g/mol. The van der Waals surface area contributed by atoms with Gasteiger partial charge >= 0.3 is 0 Å². The highest BCUT2D eigenvalue weighted by Crippen LogP contribution is 2.31. The maximum absolute atomic E-state index is 12.3. The van der Waals surface area contributed by atoms with Crippen molar-refractivity contribution in [3.05, 3.63) is 15.4 Å². The Morgan fingerprint density at radius 3 is 2.56 bits per heavy atom. The molecule has 0 fully saturated rings. The van der Waals surface area contributed by atoms with E-state index in [-0.39, 0.29) is 0 Å². The van der Waals surface area contributed by atoms with E-state index < -0.39 is 15.6 Å². The van der Waals surface area contributed by atoms with Gasteiger partial charge in [0, 0.05) is 11.4 Å². The molecule has 0 radical (unpaired) electrons. The van der Waals surface area contributed by atoms with E-state index >= 15 is 0 Å². The predicted molar refractivity (Wildman–Crippen MR) is 81.1 cm³/mol. The van der Waals surface area contributed by atoms with E-state index in [1.165, 1.54) is 11.3 Å². The molecule has 1 N–H and O–H groups in total.